The van der Waals surface area contributed by atoms with Crippen molar-refractivity contribution in [1.82, 2.24) is 10.5 Å². The third-order valence-electron chi connectivity index (χ3n) is 3.42. The van der Waals surface area contributed by atoms with Gasteiger partial charge in [0.15, 0.2) is 5.76 Å². The molecule has 23 heavy (non-hydrogen) atoms. The molecular weight excluding hydrogens is 316 g/mol. The van der Waals surface area contributed by atoms with Gasteiger partial charge >= 0.3 is 0 Å². The summed E-state index contributed by atoms with van der Waals surface area (Å²) in [4.78, 5) is 12.4. The Kier molecular flexibility index (Phi) is 4.48. The summed E-state index contributed by atoms with van der Waals surface area (Å²) in [6.07, 6.45) is 2.21. The number of nitrogens with zero attached hydrogens (tertiary/aromatic N) is 1. The summed E-state index contributed by atoms with van der Waals surface area (Å²) < 4.78 is 10.5. The van der Waals surface area contributed by atoms with Gasteiger partial charge in [0, 0.05) is 11.6 Å². The van der Waals surface area contributed by atoms with E-state index < -0.39 is 0 Å². The predicted octanol–water partition coefficient (Wildman–Crippen LogP) is 3.87. The molecule has 0 aliphatic carbocycles. The molecule has 0 bridgehead atoms. The van der Waals surface area contributed by atoms with Crippen LogP contribution >= 0.6 is 11.6 Å². The second-order valence-corrected chi connectivity index (χ2v) is 5.52. The average molecular weight is 331 g/mol. The van der Waals surface area contributed by atoms with Crippen molar-refractivity contribution in [1.29, 1.82) is 0 Å². The van der Waals surface area contributed by atoms with E-state index in [9.17, 15) is 4.79 Å². The highest BCUT2D eigenvalue weighted by molar-refractivity contribution is 6.30. The van der Waals surface area contributed by atoms with Crippen molar-refractivity contribution in [3.63, 3.8) is 0 Å². The number of carbonyl (C=O) groups excluding carboxylic acids is 1. The second-order valence-electron chi connectivity index (χ2n) is 5.09. The van der Waals surface area contributed by atoms with E-state index in [4.69, 9.17) is 20.5 Å². The van der Waals surface area contributed by atoms with Gasteiger partial charge in [-0.3, -0.25) is 4.79 Å². The molecule has 0 aliphatic heterocycles. The number of hydrogen-bond acceptors (Lipinski definition) is 4. The van der Waals surface area contributed by atoms with Crippen molar-refractivity contribution < 1.29 is 13.7 Å². The number of aryl methyl sites for hydroxylation is 1. The first-order valence-electron chi connectivity index (χ1n) is 7.18. The van der Waals surface area contributed by atoms with Gasteiger partial charge in [-0.2, -0.15) is 0 Å². The van der Waals surface area contributed by atoms with E-state index in [2.05, 4.69) is 10.5 Å². The fourth-order valence-corrected chi connectivity index (χ4v) is 2.53. The molecule has 1 N–H and O–H groups in total. The van der Waals surface area contributed by atoms with Crippen LogP contribution in [0.2, 0.25) is 5.02 Å². The molecule has 5 nitrogen and oxygen atoms in total. The lowest BCUT2D eigenvalue weighted by molar-refractivity contribution is 0.0953. The second kappa shape index (κ2) is 6.71. The van der Waals surface area contributed by atoms with Gasteiger partial charge in [-0.15, -0.1) is 0 Å². The minimum atomic E-state index is -0.239. The maximum atomic E-state index is 12.4. The molecule has 2 heterocycles. The normalized spacial score (nSPS) is 10.7. The molecule has 0 radical (unpaired) electrons. The highest BCUT2D eigenvalue weighted by Gasteiger charge is 2.23. The third kappa shape index (κ3) is 3.46. The molecule has 0 fully saturated rings. The number of nitrogens with one attached hydrogen (secondary N) is 1. The van der Waals surface area contributed by atoms with Gasteiger partial charge < -0.3 is 14.3 Å². The minimum absolute atomic E-state index is 0.239. The number of aromatic nitrogens is 1. The van der Waals surface area contributed by atoms with Crippen molar-refractivity contribution >= 4 is 17.5 Å². The summed E-state index contributed by atoms with van der Waals surface area (Å²) in [6, 6.07) is 11.0. The van der Waals surface area contributed by atoms with Crippen LogP contribution in [0.3, 0.4) is 0 Å². The molecule has 0 unspecified atom stereocenters. The van der Waals surface area contributed by atoms with Gasteiger partial charge in [-0.05, 0) is 43.2 Å². The summed E-state index contributed by atoms with van der Waals surface area (Å²) in [5.41, 5.74) is 1.98. The van der Waals surface area contributed by atoms with Crippen molar-refractivity contribution in [3.05, 3.63) is 64.5 Å². The average Bonchev–Trinajstić information content (AvgIpc) is 3.16. The molecule has 1 amide bonds. The smallest absolute Gasteiger partial charge is 0.257 e. The Bertz CT molecular complexity index is 809. The molecule has 0 saturated heterocycles. The number of amides is 1. The van der Waals surface area contributed by atoms with Crippen LogP contribution in [0.25, 0.3) is 11.5 Å². The molecule has 118 valence electrons. The standard InChI is InChI=1S/C17H15ClN2O3/c1-11-15(16(23-20-11)14-6-3-9-22-14)17(21)19-8-7-12-4-2-5-13(18)10-12/h2-6,9-10H,7-8H2,1H3,(H,19,21). The molecule has 3 aromatic rings. The number of halogens is 1. The SMILES string of the molecule is Cc1noc(-c2ccco2)c1C(=O)NCCc1cccc(Cl)c1. The van der Waals surface area contributed by atoms with E-state index in [1.54, 1.807) is 19.1 Å². The monoisotopic (exact) mass is 330 g/mol. The van der Waals surface area contributed by atoms with E-state index in [0.29, 0.717) is 40.8 Å². The van der Waals surface area contributed by atoms with Crippen LogP contribution in [0.1, 0.15) is 21.6 Å². The van der Waals surface area contributed by atoms with Crippen molar-refractivity contribution in [2.24, 2.45) is 0 Å². The lowest BCUT2D eigenvalue weighted by atomic mass is 10.1. The van der Waals surface area contributed by atoms with Crippen molar-refractivity contribution in [2.75, 3.05) is 6.54 Å². The largest absolute Gasteiger partial charge is 0.461 e. The molecule has 2 aromatic heterocycles. The van der Waals surface area contributed by atoms with Gasteiger partial charge in [0.05, 0.1) is 12.0 Å². The van der Waals surface area contributed by atoms with Gasteiger partial charge in [-0.25, -0.2) is 0 Å². The molecule has 1 aromatic carbocycles. The third-order valence-corrected chi connectivity index (χ3v) is 3.66. The predicted molar refractivity (Wildman–Crippen MR) is 86.4 cm³/mol. The van der Waals surface area contributed by atoms with Crippen LogP contribution in [0.15, 0.2) is 51.6 Å². The quantitative estimate of drug-likeness (QED) is 0.771. The molecule has 0 atom stereocenters. The number of hydrogen-bond donors (Lipinski definition) is 1. The maximum absolute atomic E-state index is 12.4. The van der Waals surface area contributed by atoms with E-state index in [1.165, 1.54) is 6.26 Å². The molecular formula is C17H15ClN2O3. The first-order valence-corrected chi connectivity index (χ1v) is 7.56. The van der Waals surface area contributed by atoms with Gasteiger partial charge in [0.1, 0.15) is 5.56 Å². The fourth-order valence-electron chi connectivity index (χ4n) is 2.31. The fraction of sp³-hybridized carbons (Fsp3) is 0.176. The summed E-state index contributed by atoms with van der Waals surface area (Å²) >= 11 is 5.95. The number of carbonyl (C=O) groups is 1. The minimum Gasteiger partial charge on any atom is -0.461 e. The van der Waals surface area contributed by atoms with Crippen molar-refractivity contribution in [2.45, 2.75) is 13.3 Å². The molecule has 6 heteroatoms. The van der Waals surface area contributed by atoms with E-state index in [0.717, 1.165) is 5.56 Å². The lowest BCUT2D eigenvalue weighted by Crippen LogP contribution is -2.26. The van der Waals surface area contributed by atoms with Crippen LogP contribution in [0.5, 0.6) is 0 Å². The number of rotatable bonds is 5. The van der Waals surface area contributed by atoms with Crippen molar-refractivity contribution in [3.8, 4) is 11.5 Å². The summed E-state index contributed by atoms with van der Waals surface area (Å²) in [7, 11) is 0. The van der Waals surface area contributed by atoms with Crippen LogP contribution in [-0.4, -0.2) is 17.6 Å². The topological polar surface area (TPSA) is 68.3 Å². The van der Waals surface area contributed by atoms with E-state index in [1.807, 2.05) is 24.3 Å². The lowest BCUT2D eigenvalue weighted by Gasteiger charge is -2.05. The Morgan fingerprint density at radius 1 is 1.30 bits per heavy atom. The molecule has 0 saturated carbocycles. The zero-order chi connectivity index (χ0) is 16.2. The van der Waals surface area contributed by atoms with Crippen LogP contribution < -0.4 is 5.32 Å². The highest BCUT2D eigenvalue weighted by atomic mass is 35.5. The Morgan fingerprint density at radius 2 is 2.17 bits per heavy atom. The molecule has 0 aliphatic rings. The Morgan fingerprint density at radius 3 is 2.91 bits per heavy atom. The van der Waals surface area contributed by atoms with E-state index >= 15 is 0 Å². The number of benzene rings is 1. The summed E-state index contributed by atoms with van der Waals surface area (Å²) in [5.74, 6) is 0.579. The van der Waals surface area contributed by atoms with Crippen LogP contribution in [-0.2, 0) is 6.42 Å². The zero-order valence-electron chi connectivity index (χ0n) is 12.5. The maximum Gasteiger partial charge on any atom is 0.257 e. The van der Waals surface area contributed by atoms with Gasteiger partial charge in [0.2, 0.25) is 5.76 Å². The first kappa shape index (κ1) is 15.4. The Hall–Kier alpha value is -2.53. The summed E-state index contributed by atoms with van der Waals surface area (Å²) in [5, 5.41) is 7.41. The Labute approximate surface area is 138 Å². The van der Waals surface area contributed by atoms with E-state index in [-0.39, 0.29) is 5.91 Å². The number of furan rings is 1. The molecule has 3 rings (SSSR count). The van der Waals surface area contributed by atoms with Crippen LogP contribution in [0, 0.1) is 6.92 Å². The molecule has 0 spiro atoms. The first-order chi connectivity index (χ1) is 11.1. The zero-order valence-corrected chi connectivity index (χ0v) is 13.3. The summed E-state index contributed by atoms with van der Waals surface area (Å²) in [6.45, 7) is 2.21. The highest BCUT2D eigenvalue weighted by Crippen LogP contribution is 2.26. The Balaban J connectivity index is 1.68. The van der Waals surface area contributed by atoms with Crippen LogP contribution in [0.4, 0.5) is 0 Å². The van der Waals surface area contributed by atoms with Gasteiger partial charge in [-0.1, -0.05) is 28.9 Å². The van der Waals surface area contributed by atoms with Gasteiger partial charge in [0.25, 0.3) is 5.91 Å².